The lowest BCUT2D eigenvalue weighted by Gasteiger charge is -2.13. The zero-order valence-electron chi connectivity index (χ0n) is 11.1. The lowest BCUT2D eigenvalue weighted by Crippen LogP contribution is -2.42. The first-order valence-electron chi connectivity index (χ1n) is 6.07. The Balaban J connectivity index is 2.43. The number of hydrogen-bond donors (Lipinski definition) is 3. The Labute approximate surface area is 102 Å². The van der Waals surface area contributed by atoms with E-state index in [1.165, 1.54) is 0 Å². The molecule has 1 aromatic rings. The second-order valence-electron chi connectivity index (χ2n) is 4.31. The average molecular weight is 238 g/mol. The number of hydrogen-bond acceptors (Lipinski definition) is 3. The van der Waals surface area contributed by atoms with E-state index in [2.05, 4.69) is 20.8 Å². The van der Waals surface area contributed by atoms with Crippen molar-refractivity contribution in [2.45, 2.75) is 46.7 Å². The molecule has 3 N–H and O–H groups in total. The number of carbonyl (C=O) groups is 1. The molecule has 17 heavy (non-hydrogen) atoms. The highest BCUT2D eigenvalue weighted by Gasteiger charge is 2.13. The predicted octanol–water partition coefficient (Wildman–Crippen LogP) is 1.03. The maximum Gasteiger partial charge on any atom is 0.236 e. The van der Waals surface area contributed by atoms with Gasteiger partial charge in [0.1, 0.15) is 0 Å². The Kier molecular flexibility index (Phi) is 5.15. The van der Waals surface area contributed by atoms with E-state index >= 15 is 0 Å². The summed E-state index contributed by atoms with van der Waals surface area (Å²) >= 11 is 0. The minimum absolute atomic E-state index is 0.0469. The van der Waals surface area contributed by atoms with Crippen molar-refractivity contribution < 1.29 is 4.79 Å². The van der Waals surface area contributed by atoms with Gasteiger partial charge in [0.2, 0.25) is 5.91 Å². The molecule has 1 heterocycles. The monoisotopic (exact) mass is 238 g/mol. The highest BCUT2D eigenvalue weighted by Crippen LogP contribution is 2.08. The van der Waals surface area contributed by atoms with Crippen molar-refractivity contribution >= 4 is 5.91 Å². The van der Waals surface area contributed by atoms with Crippen LogP contribution in [0.4, 0.5) is 0 Å². The van der Waals surface area contributed by atoms with Gasteiger partial charge in [-0.15, -0.1) is 0 Å². The van der Waals surface area contributed by atoms with E-state index < -0.39 is 0 Å². The standard InChI is InChI=1S/C12H22N4O/c1-5-6-13-12(17)10(4)14-7-11-8(2)15-16-9(11)3/h10,14H,5-7H2,1-4H3,(H,13,17)(H,15,16). The Morgan fingerprint density at radius 3 is 2.71 bits per heavy atom. The summed E-state index contributed by atoms with van der Waals surface area (Å²) in [6, 6.07) is -0.185. The van der Waals surface area contributed by atoms with Crippen LogP contribution in [0.5, 0.6) is 0 Å². The fourth-order valence-corrected chi connectivity index (χ4v) is 1.58. The molecule has 1 atom stereocenters. The number of rotatable bonds is 6. The molecule has 1 aromatic heterocycles. The summed E-state index contributed by atoms with van der Waals surface area (Å²) in [5.41, 5.74) is 3.17. The van der Waals surface area contributed by atoms with Gasteiger partial charge in [0.25, 0.3) is 0 Å². The van der Waals surface area contributed by atoms with Crippen LogP contribution in [0.2, 0.25) is 0 Å². The summed E-state index contributed by atoms with van der Waals surface area (Å²) < 4.78 is 0. The van der Waals surface area contributed by atoms with E-state index in [0.29, 0.717) is 6.54 Å². The molecule has 0 aliphatic carbocycles. The van der Waals surface area contributed by atoms with Crippen molar-refractivity contribution in [2.24, 2.45) is 0 Å². The molecule has 1 rings (SSSR count). The minimum Gasteiger partial charge on any atom is -0.355 e. The van der Waals surface area contributed by atoms with Crippen molar-refractivity contribution in [1.82, 2.24) is 20.8 Å². The number of amides is 1. The third kappa shape index (κ3) is 3.85. The molecule has 1 amide bonds. The molecule has 0 aliphatic heterocycles. The van der Waals surface area contributed by atoms with Crippen LogP contribution in [0, 0.1) is 13.8 Å². The zero-order chi connectivity index (χ0) is 12.8. The highest BCUT2D eigenvalue weighted by molar-refractivity contribution is 5.81. The summed E-state index contributed by atoms with van der Waals surface area (Å²) in [6.45, 7) is 9.25. The van der Waals surface area contributed by atoms with Crippen molar-refractivity contribution in [3.8, 4) is 0 Å². The first kappa shape index (κ1) is 13.7. The molecule has 0 saturated heterocycles. The average Bonchev–Trinajstić information content (AvgIpc) is 2.63. The summed E-state index contributed by atoms with van der Waals surface area (Å²) in [5, 5.41) is 13.1. The zero-order valence-corrected chi connectivity index (χ0v) is 11.1. The third-order valence-electron chi connectivity index (χ3n) is 2.81. The fraction of sp³-hybridized carbons (Fsp3) is 0.667. The first-order valence-corrected chi connectivity index (χ1v) is 6.07. The molecule has 96 valence electrons. The molecule has 0 spiro atoms. The number of aromatic nitrogens is 2. The van der Waals surface area contributed by atoms with Crippen LogP contribution in [-0.4, -0.2) is 28.7 Å². The predicted molar refractivity (Wildman–Crippen MR) is 67.7 cm³/mol. The second kappa shape index (κ2) is 6.39. The van der Waals surface area contributed by atoms with Gasteiger partial charge in [0, 0.05) is 24.3 Å². The molecule has 0 bridgehead atoms. The van der Waals surface area contributed by atoms with Crippen LogP contribution in [0.15, 0.2) is 0 Å². The first-order chi connectivity index (χ1) is 8.06. The highest BCUT2D eigenvalue weighted by atomic mass is 16.2. The molecule has 1 unspecified atom stereocenters. The Morgan fingerprint density at radius 1 is 1.47 bits per heavy atom. The molecule has 0 fully saturated rings. The maximum absolute atomic E-state index is 11.6. The molecule has 5 heteroatoms. The van der Waals surface area contributed by atoms with Crippen molar-refractivity contribution in [3.05, 3.63) is 17.0 Å². The number of nitrogens with one attached hydrogen (secondary N) is 3. The Morgan fingerprint density at radius 2 is 2.18 bits per heavy atom. The van der Waals surface area contributed by atoms with Gasteiger partial charge >= 0.3 is 0 Å². The molecule has 0 radical (unpaired) electrons. The maximum atomic E-state index is 11.6. The number of aryl methyl sites for hydroxylation is 2. The van der Waals surface area contributed by atoms with E-state index in [0.717, 1.165) is 29.9 Å². The van der Waals surface area contributed by atoms with Gasteiger partial charge in [-0.25, -0.2) is 0 Å². The Bertz CT molecular complexity index is 353. The van der Waals surface area contributed by atoms with Gasteiger partial charge in [0.05, 0.1) is 11.7 Å². The Hall–Kier alpha value is -1.36. The summed E-state index contributed by atoms with van der Waals surface area (Å²) in [7, 11) is 0. The van der Waals surface area contributed by atoms with Gasteiger partial charge in [0.15, 0.2) is 0 Å². The molecular weight excluding hydrogens is 216 g/mol. The van der Waals surface area contributed by atoms with Gasteiger partial charge in [-0.1, -0.05) is 6.92 Å². The van der Waals surface area contributed by atoms with E-state index in [-0.39, 0.29) is 11.9 Å². The summed E-state index contributed by atoms with van der Waals surface area (Å²) in [4.78, 5) is 11.6. The van der Waals surface area contributed by atoms with Crippen molar-refractivity contribution in [2.75, 3.05) is 6.54 Å². The van der Waals surface area contributed by atoms with Gasteiger partial charge in [-0.2, -0.15) is 5.10 Å². The number of aromatic amines is 1. The van der Waals surface area contributed by atoms with Crippen LogP contribution in [0.25, 0.3) is 0 Å². The largest absolute Gasteiger partial charge is 0.355 e. The number of carbonyl (C=O) groups excluding carboxylic acids is 1. The topological polar surface area (TPSA) is 69.8 Å². The van der Waals surface area contributed by atoms with E-state index in [1.807, 2.05) is 27.7 Å². The van der Waals surface area contributed by atoms with Crippen molar-refractivity contribution in [1.29, 1.82) is 0 Å². The van der Waals surface area contributed by atoms with E-state index in [1.54, 1.807) is 0 Å². The summed E-state index contributed by atoms with van der Waals surface area (Å²) in [6.07, 6.45) is 0.957. The molecular formula is C12H22N4O. The number of nitrogens with zero attached hydrogens (tertiary/aromatic N) is 1. The summed E-state index contributed by atoms with van der Waals surface area (Å²) in [5.74, 6) is 0.0469. The van der Waals surface area contributed by atoms with Crippen molar-refractivity contribution in [3.63, 3.8) is 0 Å². The van der Waals surface area contributed by atoms with Gasteiger partial charge in [-0.3, -0.25) is 9.89 Å². The molecule has 0 aromatic carbocycles. The second-order valence-corrected chi connectivity index (χ2v) is 4.31. The van der Waals surface area contributed by atoms with Crippen LogP contribution in [0.1, 0.15) is 37.2 Å². The molecule has 0 saturated carbocycles. The smallest absolute Gasteiger partial charge is 0.236 e. The number of H-pyrrole nitrogens is 1. The van der Waals surface area contributed by atoms with Crippen LogP contribution in [0.3, 0.4) is 0 Å². The molecule has 5 nitrogen and oxygen atoms in total. The SMILES string of the molecule is CCCNC(=O)C(C)NCc1c(C)n[nH]c1C. The minimum atomic E-state index is -0.185. The quantitative estimate of drug-likeness (QED) is 0.693. The fourth-order valence-electron chi connectivity index (χ4n) is 1.58. The van der Waals surface area contributed by atoms with Gasteiger partial charge in [-0.05, 0) is 27.2 Å². The molecule has 0 aliphatic rings. The van der Waals surface area contributed by atoms with Crippen LogP contribution >= 0.6 is 0 Å². The van der Waals surface area contributed by atoms with Crippen LogP contribution < -0.4 is 10.6 Å². The van der Waals surface area contributed by atoms with E-state index in [9.17, 15) is 4.79 Å². The van der Waals surface area contributed by atoms with Gasteiger partial charge < -0.3 is 10.6 Å². The lowest BCUT2D eigenvalue weighted by atomic mass is 10.2. The van der Waals surface area contributed by atoms with Crippen LogP contribution in [-0.2, 0) is 11.3 Å². The van der Waals surface area contributed by atoms with E-state index in [4.69, 9.17) is 0 Å². The third-order valence-corrected chi connectivity index (χ3v) is 2.81. The normalized spacial score (nSPS) is 12.5. The lowest BCUT2D eigenvalue weighted by molar-refractivity contribution is -0.122.